The molecule has 0 unspecified atom stereocenters. The van der Waals surface area contributed by atoms with Crippen LogP contribution in [0.2, 0.25) is 0 Å². The van der Waals surface area contributed by atoms with E-state index in [9.17, 15) is 0 Å². The summed E-state index contributed by atoms with van der Waals surface area (Å²) >= 11 is 0. The van der Waals surface area contributed by atoms with E-state index in [1.54, 1.807) is 7.11 Å². The van der Waals surface area contributed by atoms with Gasteiger partial charge in [-0.05, 0) is 43.2 Å². The molecule has 4 nitrogen and oxygen atoms in total. The van der Waals surface area contributed by atoms with Crippen LogP contribution >= 0.6 is 0 Å². The molecule has 0 bridgehead atoms. The molecule has 192 valence electrons. The summed E-state index contributed by atoms with van der Waals surface area (Å²) in [6, 6.07) is 25.7. The molecule has 36 heavy (non-hydrogen) atoms. The van der Waals surface area contributed by atoms with Crippen molar-refractivity contribution in [1.29, 1.82) is 0 Å². The summed E-state index contributed by atoms with van der Waals surface area (Å²) in [6.07, 6.45) is 2.67. The third-order valence-electron chi connectivity index (χ3n) is 7.95. The number of halogens is 1. The number of nitrogens with zero attached hydrogens (tertiary/aromatic N) is 1. The normalized spacial score (nSPS) is 21.6. The Bertz CT molecular complexity index is 1140. The van der Waals surface area contributed by atoms with E-state index in [0.717, 1.165) is 34.9 Å². The molecule has 2 heterocycles. The molecule has 2 aliphatic heterocycles. The second-order valence-electron chi connectivity index (χ2n) is 10.9. The van der Waals surface area contributed by atoms with Gasteiger partial charge in [0.25, 0.3) is 0 Å². The summed E-state index contributed by atoms with van der Waals surface area (Å²) in [5, 5.41) is 0. The number of hydrogen-bond donors (Lipinski definition) is 0. The number of hydrogen-bond acceptors (Lipinski definition) is 3. The van der Waals surface area contributed by atoms with Gasteiger partial charge in [0.2, 0.25) is 0 Å². The van der Waals surface area contributed by atoms with Gasteiger partial charge in [0.15, 0.2) is 0 Å². The number of rotatable bonds is 7. The van der Waals surface area contributed by atoms with Gasteiger partial charge in [-0.15, -0.1) is 0 Å². The van der Waals surface area contributed by atoms with Crippen molar-refractivity contribution in [3.63, 3.8) is 0 Å². The molecule has 3 aromatic rings. The predicted octanol–water partition coefficient (Wildman–Crippen LogP) is 3.41. The quantitative estimate of drug-likeness (QED) is 0.308. The monoisotopic (exact) mass is 599 g/mol. The maximum absolute atomic E-state index is 6.61. The molecule has 0 saturated carbocycles. The molecule has 5 rings (SSSR count). The number of likely N-dealkylation sites (N-methyl/N-ethyl adjacent to an activating group) is 1. The minimum atomic E-state index is -0.394. The largest absolute Gasteiger partial charge is 1.00 e. The van der Waals surface area contributed by atoms with E-state index in [1.165, 1.54) is 42.6 Å². The molecule has 1 saturated heterocycles. The Morgan fingerprint density at radius 2 is 1.56 bits per heavy atom. The average Bonchev–Trinajstić information content (AvgIpc) is 3.29. The zero-order chi connectivity index (χ0) is 24.5. The highest BCUT2D eigenvalue weighted by molar-refractivity contribution is 5.52. The van der Waals surface area contributed by atoms with Crippen molar-refractivity contribution in [2.45, 2.75) is 44.1 Å². The molecule has 0 radical (unpaired) electrons. The van der Waals surface area contributed by atoms with Crippen LogP contribution in [0, 0.1) is 0 Å². The molecule has 2 aliphatic rings. The van der Waals surface area contributed by atoms with Gasteiger partial charge in [0.1, 0.15) is 36.0 Å². The van der Waals surface area contributed by atoms with Gasteiger partial charge in [0, 0.05) is 36.3 Å². The minimum Gasteiger partial charge on any atom is -1.00 e. The number of benzene rings is 3. The van der Waals surface area contributed by atoms with Crippen LogP contribution in [-0.2, 0) is 0 Å². The number of likely N-dealkylation sites (tertiary alicyclic amines) is 1. The first-order valence-corrected chi connectivity index (χ1v) is 12.9. The molecule has 1 fully saturated rings. The molecule has 0 aromatic heterocycles. The van der Waals surface area contributed by atoms with Crippen molar-refractivity contribution in [3.8, 4) is 17.2 Å². The van der Waals surface area contributed by atoms with Gasteiger partial charge < -0.3 is 42.7 Å². The van der Waals surface area contributed by atoms with Crippen molar-refractivity contribution in [2.24, 2.45) is 0 Å². The summed E-state index contributed by atoms with van der Waals surface area (Å²) in [7, 11) is 4.05. The molecular formula is C31H38INO3. The van der Waals surface area contributed by atoms with Gasteiger partial charge in [-0.1, -0.05) is 48.5 Å². The highest BCUT2D eigenvalue weighted by Gasteiger charge is 2.45. The zero-order valence-corrected chi connectivity index (χ0v) is 24.0. The van der Waals surface area contributed by atoms with Gasteiger partial charge in [-0.3, -0.25) is 0 Å². The third kappa shape index (κ3) is 5.52. The second kappa shape index (κ2) is 11.0. The lowest BCUT2D eigenvalue weighted by Crippen LogP contribution is -3.00. The van der Waals surface area contributed by atoms with Gasteiger partial charge in [-0.25, -0.2) is 0 Å². The average molecular weight is 600 g/mol. The Morgan fingerprint density at radius 1 is 0.889 bits per heavy atom. The van der Waals surface area contributed by atoms with E-state index < -0.39 is 5.60 Å². The fraction of sp³-hybridized carbons (Fsp3) is 0.419. The molecule has 0 amide bonds. The lowest BCUT2D eigenvalue weighted by Gasteiger charge is -2.45. The summed E-state index contributed by atoms with van der Waals surface area (Å²) in [4.78, 5) is 0. The summed E-state index contributed by atoms with van der Waals surface area (Å²) in [5.41, 5.74) is 3.35. The number of fused-ring (bicyclic) bond motifs is 1. The smallest absolute Gasteiger partial charge is 0.137 e. The second-order valence-corrected chi connectivity index (χ2v) is 10.9. The highest BCUT2D eigenvalue weighted by atomic mass is 127. The SMILES string of the molecule is COc1ccc2c(c1)OC(C)(C)[C@@H](c1ccccc1)[C@@H]2c1ccc(OCC[N+]2(C)CCCC2)cc1.[I-]. The number of quaternary nitrogens is 1. The standard InChI is InChI=1S/C31H38NO3.HI/c1-31(2)30(24-10-6-5-7-11-24)29(27-17-16-26(33-4)22-28(27)35-31)23-12-14-25(15-13-23)34-21-20-32(3)18-8-9-19-32;/h5-7,10-17,22,29-30H,8-9,18-21H2,1-4H3;1H/q+1;/p-1/t29-,30+;/m1./s1. The van der Waals surface area contributed by atoms with Crippen molar-refractivity contribution in [2.75, 3.05) is 40.4 Å². The molecular weight excluding hydrogens is 561 g/mol. The molecule has 0 aliphatic carbocycles. The van der Waals surface area contributed by atoms with E-state index in [-0.39, 0.29) is 35.8 Å². The maximum atomic E-state index is 6.61. The van der Waals surface area contributed by atoms with E-state index in [1.807, 2.05) is 12.1 Å². The first kappa shape index (κ1) is 26.8. The van der Waals surface area contributed by atoms with Crippen molar-refractivity contribution >= 4 is 0 Å². The molecule has 3 aromatic carbocycles. The van der Waals surface area contributed by atoms with E-state index >= 15 is 0 Å². The van der Waals surface area contributed by atoms with Crippen LogP contribution in [-0.4, -0.2) is 50.5 Å². The zero-order valence-electron chi connectivity index (χ0n) is 21.9. The van der Waals surface area contributed by atoms with Gasteiger partial charge >= 0.3 is 0 Å². The fourth-order valence-electron chi connectivity index (χ4n) is 6.02. The first-order valence-electron chi connectivity index (χ1n) is 12.9. The fourth-order valence-corrected chi connectivity index (χ4v) is 6.02. The number of ether oxygens (including phenoxy) is 3. The van der Waals surface area contributed by atoms with Crippen LogP contribution in [0.3, 0.4) is 0 Å². The van der Waals surface area contributed by atoms with Crippen LogP contribution in [0.4, 0.5) is 0 Å². The molecule has 0 spiro atoms. The van der Waals surface area contributed by atoms with Crippen LogP contribution < -0.4 is 38.2 Å². The summed E-state index contributed by atoms with van der Waals surface area (Å²) in [5.74, 6) is 2.97. The Hall–Kier alpha value is -2.25. The lowest BCUT2D eigenvalue weighted by molar-refractivity contribution is -0.897. The topological polar surface area (TPSA) is 27.7 Å². The van der Waals surface area contributed by atoms with Crippen molar-refractivity contribution in [1.82, 2.24) is 0 Å². The highest BCUT2D eigenvalue weighted by Crippen LogP contribution is 2.53. The van der Waals surface area contributed by atoms with Crippen LogP contribution in [0.25, 0.3) is 0 Å². The van der Waals surface area contributed by atoms with Crippen molar-refractivity contribution in [3.05, 3.63) is 89.5 Å². The molecule has 5 heteroatoms. The van der Waals surface area contributed by atoms with Crippen LogP contribution in [0.15, 0.2) is 72.8 Å². The third-order valence-corrected chi connectivity index (χ3v) is 7.95. The lowest BCUT2D eigenvalue weighted by atomic mass is 9.68. The Balaban J connectivity index is 0.00000304. The molecule has 0 N–H and O–H groups in total. The van der Waals surface area contributed by atoms with Crippen LogP contribution in [0.1, 0.15) is 55.2 Å². The number of methoxy groups -OCH3 is 1. The predicted molar refractivity (Wildman–Crippen MR) is 141 cm³/mol. The van der Waals surface area contributed by atoms with E-state index in [0.29, 0.717) is 0 Å². The Labute approximate surface area is 233 Å². The van der Waals surface area contributed by atoms with Gasteiger partial charge in [0.05, 0.1) is 27.2 Å². The van der Waals surface area contributed by atoms with Gasteiger partial charge in [-0.2, -0.15) is 0 Å². The van der Waals surface area contributed by atoms with E-state index in [2.05, 4.69) is 81.6 Å². The maximum Gasteiger partial charge on any atom is 0.137 e. The van der Waals surface area contributed by atoms with E-state index in [4.69, 9.17) is 14.2 Å². The van der Waals surface area contributed by atoms with Crippen molar-refractivity contribution < 1.29 is 42.7 Å². The minimum absolute atomic E-state index is 0. The molecule has 2 atom stereocenters. The summed E-state index contributed by atoms with van der Waals surface area (Å²) < 4.78 is 19.4. The Kier molecular flexibility index (Phi) is 8.20. The van der Waals surface area contributed by atoms with Crippen LogP contribution in [0.5, 0.6) is 17.2 Å². The summed E-state index contributed by atoms with van der Waals surface area (Å²) in [6.45, 7) is 8.76. The Morgan fingerprint density at radius 3 is 2.22 bits per heavy atom. The first-order chi connectivity index (χ1) is 16.9.